The lowest BCUT2D eigenvalue weighted by molar-refractivity contribution is -0.384. The SMILES string of the molecule is CC(C)c1ccccc1[C@@H]1COCC(C)(C)N1C1CC2(CCN(c3ccc(C(=O)NS(=O)(=O)c4cc5c(c([N+](=O)[O-])c4)N[C@H](C4(F)CCC(C)(OP(=O)(O)O)CC4)CO5)c(N4c5cc6c(F)c[nH]c6nc5O[C@H]5COC(C)(C)C[C@@H]54)c3)[C@H](C)C2)C1. The summed E-state index contributed by atoms with van der Waals surface area (Å²) in [4.78, 5) is 59.7. The van der Waals surface area contributed by atoms with Crippen LogP contribution in [0, 0.1) is 21.3 Å². The Morgan fingerprint density at radius 1 is 0.965 bits per heavy atom. The number of nitrogens with one attached hydrogen (secondary N) is 3. The van der Waals surface area contributed by atoms with Gasteiger partial charge in [-0.25, -0.2) is 26.5 Å². The molecule has 5 atom stereocenters. The highest BCUT2D eigenvalue weighted by molar-refractivity contribution is 7.90. The molecular formula is C60H75F2N8O13PS. The molecule has 1 spiro atoms. The first-order valence-corrected chi connectivity index (χ1v) is 32.3. The molecule has 5 aromatic rings. The van der Waals surface area contributed by atoms with Crippen molar-refractivity contribution in [1.29, 1.82) is 0 Å². The minimum Gasteiger partial charge on any atom is -0.489 e. The molecule has 0 bridgehead atoms. The van der Waals surface area contributed by atoms with Gasteiger partial charge in [-0.3, -0.25) is 24.3 Å². The van der Waals surface area contributed by atoms with Gasteiger partial charge >= 0.3 is 7.82 Å². The number of piperidine rings is 1. The number of ether oxygens (including phenoxy) is 4. The molecule has 5 N–H and O–H groups in total. The van der Waals surface area contributed by atoms with E-state index in [2.05, 4.69) is 83.7 Å². The number of carbonyl (C=O) groups excluding carboxylic acids is 1. The summed E-state index contributed by atoms with van der Waals surface area (Å²) in [6.07, 6.45) is 4.18. The highest BCUT2D eigenvalue weighted by atomic mass is 32.2. The Balaban J connectivity index is 0.857. The van der Waals surface area contributed by atoms with Crippen LogP contribution >= 0.6 is 7.82 Å². The molecule has 0 radical (unpaired) electrons. The number of pyridine rings is 1. The molecule has 2 saturated carbocycles. The van der Waals surface area contributed by atoms with Crippen molar-refractivity contribution in [1.82, 2.24) is 19.6 Å². The summed E-state index contributed by atoms with van der Waals surface area (Å²) in [6, 6.07) is 16.2. The number of phosphoric acid groups is 1. The van der Waals surface area contributed by atoms with Crippen LogP contribution in [0.3, 0.4) is 0 Å². The fraction of sp³-hybridized carbons (Fsp3) is 0.567. The van der Waals surface area contributed by atoms with E-state index in [1.165, 1.54) is 24.2 Å². The first-order chi connectivity index (χ1) is 39.9. The fourth-order valence-corrected chi connectivity index (χ4v) is 16.8. The number of nitrogens with zero attached hydrogens (tertiary/aromatic N) is 5. The number of alkyl halides is 1. The van der Waals surface area contributed by atoms with E-state index in [4.69, 9.17) is 28.5 Å². The lowest BCUT2D eigenvalue weighted by Crippen LogP contribution is -2.65. The van der Waals surface area contributed by atoms with Gasteiger partial charge < -0.3 is 48.8 Å². The van der Waals surface area contributed by atoms with E-state index in [0.717, 1.165) is 43.5 Å². The minimum absolute atomic E-state index is 0.0376. The van der Waals surface area contributed by atoms with Crippen LogP contribution in [-0.4, -0.2) is 130 Å². The number of anilines is 4. The number of morpholine rings is 1. The largest absolute Gasteiger partial charge is 0.489 e. The van der Waals surface area contributed by atoms with Gasteiger partial charge in [-0.15, -0.1) is 0 Å². The Labute approximate surface area is 492 Å². The Morgan fingerprint density at radius 3 is 2.41 bits per heavy atom. The number of hydrogen-bond acceptors (Lipinski definition) is 16. The number of nitro benzene ring substituents is 1. The second-order valence-corrected chi connectivity index (χ2v) is 29.4. The third kappa shape index (κ3) is 11.0. The number of hydrogen-bond donors (Lipinski definition) is 5. The molecule has 1 amide bonds. The van der Waals surface area contributed by atoms with Crippen molar-refractivity contribution < 1.29 is 64.7 Å². The average Bonchev–Trinajstić information content (AvgIpc) is 1.35. The molecule has 25 heteroatoms. The maximum Gasteiger partial charge on any atom is 0.470 e. The number of benzene rings is 3. The van der Waals surface area contributed by atoms with E-state index < -0.39 is 80.1 Å². The van der Waals surface area contributed by atoms with Gasteiger partial charge in [-0.05, 0) is 140 Å². The zero-order valence-corrected chi connectivity index (χ0v) is 50.7. The lowest BCUT2D eigenvalue weighted by atomic mass is 9.58. The summed E-state index contributed by atoms with van der Waals surface area (Å²) in [6.45, 7) is 18.3. The number of amides is 1. The quantitative estimate of drug-likeness (QED) is 0.0442. The topological polar surface area (TPSA) is 260 Å². The van der Waals surface area contributed by atoms with Crippen LogP contribution < -0.4 is 29.3 Å². The van der Waals surface area contributed by atoms with Crippen LogP contribution in [0.2, 0.25) is 0 Å². The van der Waals surface area contributed by atoms with Gasteiger partial charge in [-0.1, -0.05) is 38.1 Å². The summed E-state index contributed by atoms with van der Waals surface area (Å²) in [5.41, 5.74) is -1.03. The predicted molar refractivity (Wildman–Crippen MR) is 313 cm³/mol. The van der Waals surface area contributed by atoms with Crippen molar-refractivity contribution in [3.63, 3.8) is 0 Å². The second-order valence-electron chi connectivity index (χ2n) is 26.6. The fourth-order valence-electron chi connectivity index (χ4n) is 15.0. The number of nitro groups is 1. The van der Waals surface area contributed by atoms with E-state index in [-0.39, 0.29) is 102 Å². The zero-order chi connectivity index (χ0) is 60.6. The molecule has 5 aliphatic heterocycles. The predicted octanol–water partition coefficient (Wildman–Crippen LogP) is 10.6. The first-order valence-electron chi connectivity index (χ1n) is 29.3. The maximum atomic E-state index is 16.7. The van der Waals surface area contributed by atoms with E-state index in [0.29, 0.717) is 43.8 Å². The number of sulfonamides is 1. The molecule has 21 nitrogen and oxygen atoms in total. The molecule has 3 saturated heterocycles. The van der Waals surface area contributed by atoms with Gasteiger partial charge in [0, 0.05) is 54.6 Å². The molecule has 85 heavy (non-hydrogen) atoms. The Kier molecular flexibility index (Phi) is 14.8. The minimum atomic E-state index is -4.96. The number of fused-ring (bicyclic) bond motifs is 4. The highest BCUT2D eigenvalue weighted by Gasteiger charge is 2.56. The van der Waals surface area contributed by atoms with Gasteiger partial charge in [-0.2, -0.15) is 4.98 Å². The molecule has 7 aliphatic rings. The maximum absolute atomic E-state index is 16.7. The number of aromatic amines is 1. The lowest BCUT2D eigenvalue weighted by Gasteiger charge is -2.62. The summed E-state index contributed by atoms with van der Waals surface area (Å²) in [5.74, 6) is -1.41. The normalized spacial score (nSPS) is 29.0. The molecule has 0 unspecified atom stereocenters. The smallest absolute Gasteiger partial charge is 0.470 e. The molecule has 3 aromatic carbocycles. The van der Waals surface area contributed by atoms with E-state index in [1.807, 2.05) is 24.8 Å². The van der Waals surface area contributed by atoms with Crippen molar-refractivity contribution in [3.8, 4) is 11.6 Å². The summed E-state index contributed by atoms with van der Waals surface area (Å²) < 4.78 is 105. The van der Waals surface area contributed by atoms with Crippen LogP contribution in [0.25, 0.3) is 11.0 Å². The van der Waals surface area contributed by atoms with E-state index in [1.54, 1.807) is 18.2 Å². The van der Waals surface area contributed by atoms with E-state index in [9.17, 15) is 32.9 Å². The van der Waals surface area contributed by atoms with Crippen molar-refractivity contribution in [3.05, 3.63) is 99.5 Å². The number of carbonyl (C=O) groups is 1. The standard InChI is InChI=1S/C60H75F2N8O13PS/c1-34(2)39-11-9-10-12-40(39)48-30-79-33-56(4,5)69(48)37-26-59(27-37)19-20-67(35(3)25-59)36-13-14-41(44(21-36)68-46-24-42-43(61)29-63-53(42)65-55(46)82-50-31-81-57(6,7)28-47(50)68)54(71)66-85(77,78)38-22-45(70(72)73)52-49(23-38)80-32-51(64-52)60(62)17-15-58(8,16-18-60)83-84(74,75)76/h9-14,21-24,29,34-35,37,47-48,50-51,64H,15-20,25-28,30-33H2,1-8H3,(H,63,65)(H,66,71)(H2,74,75,76)/t35-,37?,47+,48+,50+,51+,58?,59?,60?/m1/s1. The monoisotopic (exact) mass is 1220 g/mol. The summed E-state index contributed by atoms with van der Waals surface area (Å²) >= 11 is 0. The summed E-state index contributed by atoms with van der Waals surface area (Å²) in [5, 5.41) is 15.8. The molecular weight excluding hydrogens is 1140 g/mol. The Hall–Kier alpha value is -5.98. The number of rotatable bonds is 12. The van der Waals surface area contributed by atoms with Gasteiger partial charge in [0.15, 0.2) is 11.4 Å². The van der Waals surface area contributed by atoms with Crippen molar-refractivity contribution in [2.45, 2.75) is 183 Å². The van der Waals surface area contributed by atoms with Crippen LogP contribution in [0.1, 0.15) is 147 Å². The number of H-pyrrole nitrogens is 1. The van der Waals surface area contributed by atoms with Crippen molar-refractivity contribution in [2.24, 2.45) is 5.41 Å². The van der Waals surface area contributed by atoms with Crippen LogP contribution in [0.4, 0.5) is 37.2 Å². The molecule has 7 heterocycles. The van der Waals surface area contributed by atoms with Crippen LogP contribution in [-0.2, 0) is 28.6 Å². The zero-order valence-electron chi connectivity index (χ0n) is 49.0. The third-order valence-corrected chi connectivity index (χ3v) is 21.2. The number of halogens is 2. The van der Waals surface area contributed by atoms with Gasteiger partial charge in [0.05, 0.1) is 75.6 Å². The van der Waals surface area contributed by atoms with E-state index >= 15 is 13.6 Å². The summed E-state index contributed by atoms with van der Waals surface area (Å²) in [7, 11) is -9.85. The highest BCUT2D eigenvalue weighted by Crippen LogP contribution is 2.57. The Morgan fingerprint density at radius 2 is 1.71 bits per heavy atom. The number of phosphoric ester groups is 1. The van der Waals surface area contributed by atoms with Gasteiger partial charge in [0.2, 0.25) is 5.88 Å². The Bertz CT molecular complexity index is 3640. The van der Waals surface area contributed by atoms with Crippen molar-refractivity contribution >= 4 is 63.2 Å². The van der Waals surface area contributed by atoms with Crippen molar-refractivity contribution in [2.75, 3.05) is 48.1 Å². The second kappa shape index (κ2) is 21.1. The molecule has 5 fully saturated rings. The molecule has 2 aliphatic carbocycles. The average molecular weight is 1220 g/mol. The van der Waals surface area contributed by atoms with Gasteiger partial charge in [0.1, 0.15) is 35.5 Å². The first kappa shape index (κ1) is 59.4. The molecule has 12 rings (SSSR count). The number of aromatic nitrogens is 2. The van der Waals surface area contributed by atoms with Gasteiger partial charge in [0.25, 0.3) is 21.6 Å². The third-order valence-electron chi connectivity index (χ3n) is 19.2. The van der Waals surface area contributed by atoms with Crippen LogP contribution in [0.15, 0.2) is 71.8 Å². The van der Waals surface area contributed by atoms with Crippen LogP contribution in [0.5, 0.6) is 11.6 Å². The molecule has 2 aromatic heterocycles. The molecule has 458 valence electrons.